The number of rotatable bonds is 2. The number of ketones is 1. The van der Waals surface area contributed by atoms with Crippen molar-refractivity contribution in [2.24, 2.45) is 0 Å². The van der Waals surface area contributed by atoms with E-state index in [4.69, 9.17) is 4.74 Å². The van der Waals surface area contributed by atoms with E-state index in [0.717, 1.165) is 21.9 Å². The molecule has 4 heteroatoms. The van der Waals surface area contributed by atoms with Crippen LogP contribution in [-0.2, 0) is 0 Å². The molecule has 1 aromatic carbocycles. The summed E-state index contributed by atoms with van der Waals surface area (Å²) in [5.74, 6) is 0.797. The third kappa shape index (κ3) is 1.88. The second kappa shape index (κ2) is 4.46. The first-order valence-electron chi connectivity index (χ1n) is 5.83. The maximum absolute atomic E-state index is 12.3. The van der Waals surface area contributed by atoms with Crippen LogP contribution in [0.3, 0.4) is 0 Å². The van der Waals surface area contributed by atoms with E-state index in [2.05, 4.69) is 5.32 Å². The van der Waals surface area contributed by atoms with Crippen LogP contribution in [0.15, 0.2) is 35.7 Å². The van der Waals surface area contributed by atoms with Gasteiger partial charge in [0, 0.05) is 10.4 Å². The quantitative estimate of drug-likeness (QED) is 0.842. The van der Waals surface area contributed by atoms with Crippen molar-refractivity contribution in [2.75, 3.05) is 11.9 Å². The zero-order chi connectivity index (χ0) is 12.5. The molecule has 2 heterocycles. The van der Waals surface area contributed by atoms with E-state index in [1.807, 2.05) is 42.6 Å². The number of nitrogens with one attached hydrogen (secondary N) is 1. The van der Waals surface area contributed by atoms with Crippen molar-refractivity contribution < 1.29 is 9.53 Å². The van der Waals surface area contributed by atoms with Gasteiger partial charge in [0.2, 0.25) is 5.78 Å². The van der Waals surface area contributed by atoms with Gasteiger partial charge in [0.1, 0.15) is 5.75 Å². The van der Waals surface area contributed by atoms with E-state index in [-0.39, 0.29) is 5.78 Å². The van der Waals surface area contributed by atoms with E-state index >= 15 is 0 Å². The molecule has 1 atom stereocenters. The predicted octanol–water partition coefficient (Wildman–Crippen LogP) is 3.11. The Morgan fingerprint density at radius 1 is 1.39 bits per heavy atom. The minimum Gasteiger partial charge on any atom is -0.478 e. The number of Topliss-reactive ketones (excluding diaryl/α,β-unsaturated/α-hetero) is 1. The fraction of sp³-hybridized carbons (Fsp3) is 0.214. The number of thiophene rings is 1. The molecule has 18 heavy (non-hydrogen) atoms. The molecular weight excluding hydrogens is 246 g/mol. The number of anilines is 1. The molecule has 0 amide bonds. The van der Waals surface area contributed by atoms with Crippen molar-refractivity contribution in [3.63, 3.8) is 0 Å². The second-order valence-electron chi connectivity index (χ2n) is 4.24. The average Bonchev–Trinajstić information content (AvgIpc) is 2.83. The lowest BCUT2D eigenvalue weighted by Crippen LogP contribution is -2.37. The van der Waals surface area contributed by atoms with Crippen LogP contribution in [0.25, 0.3) is 0 Å². The van der Waals surface area contributed by atoms with Gasteiger partial charge in [-0.1, -0.05) is 12.1 Å². The number of carbonyl (C=O) groups excluding carboxylic acids is 1. The van der Waals surface area contributed by atoms with Gasteiger partial charge in [-0.2, -0.15) is 0 Å². The summed E-state index contributed by atoms with van der Waals surface area (Å²) in [6.07, 6.45) is -0.437. The Hall–Kier alpha value is -1.81. The van der Waals surface area contributed by atoms with Crippen molar-refractivity contribution in [3.8, 4) is 5.75 Å². The van der Waals surface area contributed by atoms with Gasteiger partial charge in [0.15, 0.2) is 6.10 Å². The minimum absolute atomic E-state index is 0.0516. The summed E-state index contributed by atoms with van der Waals surface area (Å²) in [5, 5.41) is 5.17. The molecule has 1 aromatic heterocycles. The molecule has 2 aromatic rings. The highest BCUT2D eigenvalue weighted by Crippen LogP contribution is 2.29. The third-order valence-corrected chi connectivity index (χ3v) is 3.90. The highest BCUT2D eigenvalue weighted by molar-refractivity contribution is 7.10. The number of aryl methyl sites for hydroxylation is 1. The molecule has 92 valence electrons. The van der Waals surface area contributed by atoms with Gasteiger partial charge in [-0.25, -0.2) is 0 Å². The van der Waals surface area contributed by atoms with Gasteiger partial charge in [-0.05, 0) is 30.5 Å². The van der Waals surface area contributed by atoms with E-state index in [9.17, 15) is 4.79 Å². The molecule has 3 rings (SSSR count). The Morgan fingerprint density at radius 2 is 2.22 bits per heavy atom. The molecule has 0 aliphatic carbocycles. The fourth-order valence-corrected chi connectivity index (χ4v) is 2.78. The first-order chi connectivity index (χ1) is 8.75. The number of hydrogen-bond donors (Lipinski definition) is 1. The van der Waals surface area contributed by atoms with Crippen LogP contribution in [0.1, 0.15) is 15.2 Å². The van der Waals surface area contributed by atoms with Crippen LogP contribution in [0, 0.1) is 6.92 Å². The van der Waals surface area contributed by atoms with E-state index in [0.29, 0.717) is 6.54 Å². The number of benzene rings is 1. The van der Waals surface area contributed by atoms with Crippen LogP contribution in [0.2, 0.25) is 0 Å². The average molecular weight is 259 g/mol. The van der Waals surface area contributed by atoms with Crippen molar-refractivity contribution >= 4 is 22.8 Å². The molecular formula is C14H13NO2S. The summed E-state index contributed by atoms with van der Waals surface area (Å²) in [7, 11) is 0. The summed E-state index contributed by atoms with van der Waals surface area (Å²) < 4.78 is 5.77. The summed E-state index contributed by atoms with van der Waals surface area (Å²) >= 11 is 1.59. The highest BCUT2D eigenvalue weighted by atomic mass is 32.1. The van der Waals surface area contributed by atoms with Crippen LogP contribution in [-0.4, -0.2) is 18.4 Å². The molecule has 1 aliphatic heterocycles. The number of para-hydroxylation sites is 2. The van der Waals surface area contributed by atoms with Gasteiger partial charge in [0.25, 0.3) is 0 Å². The Morgan fingerprint density at radius 3 is 3.00 bits per heavy atom. The zero-order valence-corrected chi connectivity index (χ0v) is 10.8. The van der Waals surface area contributed by atoms with Gasteiger partial charge in [0.05, 0.1) is 12.2 Å². The molecule has 0 radical (unpaired) electrons. The smallest absolute Gasteiger partial charge is 0.206 e. The van der Waals surface area contributed by atoms with Gasteiger partial charge in [-0.15, -0.1) is 11.3 Å². The molecule has 0 saturated heterocycles. The number of carbonyl (C=O) groups is 1. The standard InChI is InChI=1S/C14H13NO2S/c1-9-10(6-7-18-9)14(16)13-8-15-11-4-2-3-5-12(11)17-13/h2-7,13,15H,8H2,1H3. The molecule has 1 aliphatic rings. The monoisotopic (exact) mass is 259 g/mol. The van der Waals surface area contributed by atoms with E-state index < -0.39 is 6.10 Å². The summed E-state index contributed by atoms with van der Waals surface area (Å²) in [6.45, 7) is 2.48. The second-order valence-corrected chi connectivity index (χ2v) is 5.36. The number of hydrogen-bond acceptors (Lipinski definition) is 4. The van der Waals surface area contributed by atoms with Crippen molar-refractivity contribution in [1.29, 1.82) is 0 Å². The molecule has 0 saturated carbocycles. The number of ether oxygens (including phenoxy) is 1. The minimum atomic E-state index is -0.437. The summed E-state index contributed by atoms with van der Waals surface area (Å²) in [6, 6.07) is 9.55. The molecule has 1 N–H and O–H groups in total. The first kappa shape index (κ1) is 11.3. The van der Waals surface area contributed by atoms with Gasteiger partial charge < -0.3 is 10.1 Å². The SMILES string of the molecule is Cc1sccc1C(=O)C1CNc2ccccc2O1. The fourth-order valence-electron chi connectivity index (χ4n) is 2.07. The summed E-state index contributed by atoms with van der Waals surface area (Å²) in [4.78, 5) is 13.4. The van der Waals surface area contributed by atoms with Crippen LogP contribution < -0.4 is 10.1 Å². The highest BCUT2D eigenvalue weighted by Gasteiger charge is 2.27. The summed E-state index contributed by atoms with van der Waals surface area (Å²) in [5.41, 5.74) is 1.72. The van der Waals surface area contributed by atoms with Crippen LogP contribution >= 0.6 is 11.3 Å². The first-order valence-corrected chi connectivity index (χ1v) is 6.71. The van der Waals surface area contributed by atoms with E-state index in [1.165, 1.54) is 0 Å². The lowest BCUT2D eigenvalue weighted by atomic mass is 10.1. The zero-order valence-electron chi connectivity index (χ0n) is 9.97. The largest absolute Gasteiger partial charge is 0.478 e. The molecule has 0 spiro atoms. The molecule has 0 fully saturated rings. The predicted molar refractivity (Wildman–Crippen MR) is 72.7 cm³/mol. The maximum Gasteiger partial charge on any atom is 0.206 e. The molecule has 0 bridgehead atoms. The van der Waals surface area contributed by atoms with Crippen molar-refractivity contribution in [2.45, 2.75) is 13.0 Å². The molecule has 3 nitrogen and oxygen atoms in total. The number of fused-ring (bicyclic) bond motifs is 1. The van der Waals surface area contributed by atoms with E-state index in [1.54, 1.807) is 11.3 Å². The maximum atomic E-state index is 12.3. The molecule has 1 unspecified atom stereocenters. The van der Waals surface area contributed by atoms with Crippen molar-refractivity contribution in [1.82, 2.24) is 0 Å². The van der Waals surface area contributed by atoms with Crippen LogP contribution in [0.5, 0.6) is 5.75 Å². The third-order valence-electron chi connectivity index (χ3n) is 3.05. The Bertz CT molecular complexity index is 591. The lowest BCUT2D eigenvalue weighted by molar-refractivity contribution is 0.0801. The topological polar surface area (TPSA) is 38.3 Å². The Balaban J connectivity index is 1.84. The van der Waals surface area contributed by atoms with Gasteiger partial charge >= 0.3 is 0 Å². The Kier molecular flexibility index (Phi) is 2.80. The normalized spacial score (nSPS) is 17.5. The lowest BCUT2D eigenvalue weighted by Gasteiger charge is -2.26. The van der Waals surface area contributed by atoms with Gasteiger partial charge in [-0.3, -0.25) is 4.79 Å². The van der Waals surface area contributed by atoms with Crippen LogP contribution in [0.4, 0.5) is 5.69 Å². The van der Waals surface area contributed by atoms with Crippen molar-refractivity contribution in [3.05, 3.63) is 46.2 Å². The Labute approximate surface area is 109 Å².